The molecule has 1 aliphatic heterocycles. The Balaban J connectivity index is 1.48. The summed E-state index contributed by atoms with van der Waals surface area (Å²) in [5.74, 6) is -0.240. The molecule has 3 aromatic carbocycles. The van der Waals surface area contributed by atoms with Gasteiger partial charge in [0.05, 0.1) is 10.6 Å². The fourth-order valence-corrected chi connectivity index (χ4v) is 4.01. The van der Waals surface area contributed by atoms with Gasteiger partial charge in [-0.2, -0.15) is 0 Å². The molecule has 0 spiro atoms. The van der Waals surface area contributed by atoms with Gasteiger partial charge in [0.2, 0.25) is 0 Å². The number of thioether (sulfide) groups is 1. The van der Waals surface area contributed by atoms with Crippen LogP contribution >= 0.6 is 11.8 Å². The van der Waals surface area contributed by atoms with Crippen molar-refractivity contribution in [2.75, 3.05) is 16.8 Å². The van der Waals surface area contributed by atoms with Crippen LogP contribution in [0.2, 0.25) is 0 Å². The predicted molar refractivity (Wildman–Crippen MR) is 127 cm³/mol. The predicted octanol–water partition coefficient (Wildman–Crippen LogP) is 5.25. The molecule has 0 aromatic heterocycles. The summed E-state index contributed by atoms with van der Waals surface area (Å²) in [5.41, 5.74) is 2.81. The zero-order chi connectivity index (χ0) is 22.5. The monoisotopic (exact) mass is 444 g/mol. The van der Waals surface area contributed by atoms with Crippen LogP contribution in [0.1, 0.15) is 11.1 Å². The first-order chi connectivity index (χ1) is 15.5. The lowest BCUT2D eigenvalue weighted by Crippen LogP contribution is -2.27. The lowest BCUT2D eigenvalue weighted by atomic mass is 10.2. The van der Waals surface area contributed by atoms with Gasteiger partial charge in [0.15, 0.2) is 6.61 Å². The minimum Gasteiger partial charge on any atom is -0.483 e. The highest BCUT2D eigenvalue weighted by Gasteiger charge is 2.36. The van der Waals surface area contributed by atoms with Crippen molar-refractivity contribution in [3.63, 3.8) is 0 Å². The number of nitrogens with zero attached hydrogens (tertiary/aromatic N) is 1. The molecule has 4 rings (SSSR count). The number of carbonyl (C=O) groups is 3. The molecule has 0 bridgehead atoms. The summed E-state index contributed by atoms with van der Waals surface area (Å²) in [4.78, 5) is 39.0. The van der Waals surface area contributed by atoms with Crippen molar-refractivity contribution in [1.82, 2.24) is 0 Å². The summed E-state index contributed by atoms with van der Waals surface area (Å²) in [7, 11) is 0. The van der Waals surface area contributed by atoms with Gasteiger partial charge in [0.1, 0.15) is 5.75 Å². The number of benzene rings is 3. The molecule has 32 heavy (non-hydrogen) atoms. The average molecular weight is 445 g/mol. The third kappa shape index (κ3) is 4.73. The molecule has 1 heterocycles. The molecule has 0 radical (unpaired) electrons. The van der Waals surface area contributed by atoms with E-state index < -0.39 is 5.91 Å². The topological polar surface area (TPSA) is 75.7 Å². The van der Waals surface area contributed by atoms with Crippen molar-refractivity contribution in [3.05, 3.63) is 94.9 Å². The Kier molecular flexibility index (Phi) is 6.37. The molecule has 1 aliphatic rings. The van der Waals surface area contributed by atoms with E-state index in [2.05, 4.69) is 5.32 Å². The second kappa shape index (κ2) is 9.53. The number of nitrogens with one attached hydrogen (secondary N) is 1. The molecule has 1 saturated heterocycles. The Bertz CT molecular complexity index is 1210. The zero-order valence-electron chi connectivity index (χ0n) is 17.3. The molecule has 1 fully saturated rings. The summed E-state index contributed by atoms with van der Waals surface area (Å²) in [6.07, 6.45) is 1.61. The van der Waals surface area contributed by atoms with Crippen molar-refractivity contribution in [1.29, 1.82) is 0 Å². The zero-order valence-corrected chi connectivity index (χ0v) is 18.1. The van der Waals surface area contributed by atoms with E-state index >= 15 is 0 Å². The number of ether oxygens (including phenoxy) is 1. The third-order valence-electron chi connectivity index (χ3n) is 4.79. The molecule has 0 saturated carbocycles. The number of hydrogen-bond donors (Lipinski definition) is 1. The van der Waals surface area contributed by atoms with Gasteiger partial charge in [-0.05, 0) is 54.6 Å². The molecule has 7 heteroatoms. The largest absolute Gasteiger partial charge is 0.483 e. The maximum absolute atomic E-state index is 12.8. The molecule has 3 aromatic rings. The van der Waals surface area contributed by atoms with E-state index in [0.29, 0.717) is 21.9 Å². The average Bonchev–Trinajstić information content (AvgIpc) is 3.08. The van der Waals surface area contributed by atoms with Gasteiger partial charge in [-0.15, -0.1) is 0 Å². The number of amides is 3. The van der Waals surface area contributed by atoms with Crippen LogP contribution in [-0.4, -0.2) is 23.7 Å². The fourth-order valence-electron chi connectivity index (χ4n) is 3.18. The van der Waals surface area contributed by atoms with Crippen molar-refractivity contribution in [2.24, 2.45) is 0 Å². The van der Waals surface area contributed by atoms with Gasteiger partial charge < -0.3 is 10.1 Å². The highest BCUT2D eigenvalue weighted by Crippen LogP contribution is 2.36. The first-order valence-electron chi connectivity index (χ1n) is 9.93. The van der Waals surface area contributed by atoms with Gasteiger partial charge in [0.25, 0.3) is 17.1 Å². The molecule has 6 nitrogen and oxygen atoms in total. The summed E-state index contributed by atoms with van der Waals surface area (Å²) in [5, 5.41) is 2.46. The normalized spacial score (nSPS) is 14.7. The Morgan fingerprint density at radius 2 is 1.66 bits per heavy atom. The van der Waals surface area contributed by atoms with Crippen LogP contribution < -0.4 is 15.0 Å². The smallest absolute Gasteiger partial charge is 0.298 e. The summed E-state index contributed by atoms with van der Waals surface area (Å²) in [6.45, 7) is 1.72. The van der Waals surface area contributed by atoms with Gasteiger partial charge in [-0.25, -0.2) is 4.90 Å². The molecule has 1 N–H and O–H groups in total. The lowest BCUT2D eigenvalue weighted by molar-refractivity contribution is -0.118. The molecular formula is C25H20N2O4S. The second-order valence-electron chi connectivity index (χ2n) is 7.04. The number of anilines is 2. The van der Waals surface area contributed by atoms with Crippen molar-refractivity contribution >= 4 is 46.3 Å². The lowest BCUT2D eigenvalue weighted by Gasteiger charge is -2.12. The fraction of sp³-hybridized carbons (Fsp3) is 0.0800. The quantitative estimate of drug-likeness (QED) is 0.526. The first-order valence-corrected chi connectivity index (χ1v) is 10.7. The minimum absolute atomic E-state index is 0.190. The standard InChI is InChI=1S/C25H20N2O4S/c1-17-9-5-7-13-20(17)26-23(28)16-31-21-14-8-6-10-18(21)15-22-24(29)27(25(30)32-22)19-11-3-2-4-12-19/h2-15H,16H2,1H3,(H,26,28). The molecule has 3 amide bonds. The van der Waals surface area contributed by atoms with Crippen LogP contribution in [0.15, 0.2) is 83.8 Å². The molecule has 0 aliphatic carbocycles. The van der Waals surface area contributed by atoms with Crippen LogP contribution in [-0.2, 0) is 9.59 Å². The van der Waals surface area contributed by atoms with E-state index in [0.717, 1.165) is 27.9 Å². The number of para-hydroxylation sites is 3. The van der Waals surface area contributed by atoms with Gasteiger partial charge in [-0.1, -0.05) is 54.6 Å². The minimum atomic E-state index is -0.390. The third-order valence-corrected chi connectivity index (χ3v) is 5.66. The number of rotatable bonds is 6. The van der Waals surface area contributed by atoms with Crippen LogP contribution in [0.3, 0.4) is 0 Å². The Morgan fingerprint density at radius 1 is 0.969 bits per heavy atom. The Labute approximate surface area is 189 Å². The van der Waals surface area contributed by atoms with Gasteiger partial charge in [-0.3, -0.25) is 14.4 Å². The van der Waals surface area contributed by atoms with Crippen LogP contribution in [0, 0.1) is 6.92 Å². The summed E-state index contributed by atoms with van der Waals surface area (Å²) >= 11 is 0.872. The first kappa shape index (κ1) is 21.4. The molecule has 0 atom stereocenters. The van der Waals surface area contributed by atoms with Crippen LogP contribution in [0.4, 0.5) is 16.2 Å². The molecule has 0 unspecified atom stereocenters. The SMILES string of the molecule is Cc1ccccc1NC(=O)COc1ccccc1C=C1SC(=O)N(c2ccccc2)C1=O. The van der Waals surface area contributed by atoms with E-state index in [1.165, 1.54) is 0 Å². The van der Waals surface area contributed by atoms with E-state index in [-0.39, 0.29) is 17.8 Å². The highest BCUT2D eigenvalue weighted by molar-refractivity contribution is 8.19. The molecular weight excluding hydrogens is 424 g/mol. The van der Waals surface area contributed by atoms with Crippen LogP contribution in [0.25, 0.3) is 6.08 Å². The van der Waals surface area contributed by atoms with Gasteiger partial charge >= 0.3 is 0 Å². The summed E-state index contributed by atoms with van der Waals surface area (Å²) in [6, 6.07) is 23.3. The Morgan fingerprint density at radius 3 is 2.44 bits per heavy atom. The maximum atomic E-state index is 12.8. The summed E-state index contributed by atoms with van der Waals surface area (Å²) < 4.78 is 5.72. The van der Waals surface area contributed by atoms with Crippen molar-refractivity contribution in [2.45, 2.75) is 6.92 Å². The van der Waals surface area contributed by atoms with Crippen molar-refractivity contribution in [3.8, 4) is 5.75 Å². The van der Waals surface area contributed by atoms with E-state index in [1.54, 1.807) is 54.6 Å². The van der Waals surface area contributed by atoms with Gasteiger partial charge in [0, 0.05) is 11.3 Å². The van der Waals surface area contributed by atoms with Crippen LogP contribution in [0.5, 0.6) is 5.75 Å². The number of carbonyl (C=O) groups excluding carboxylic acids is 3. The van der Waals surface area contributed by atoms with Crippen molar-refractivity contribution < 1.29 is 19.1 Å². The number of hydrogen-bond acceptors (Lipinski definition) is 5. The highest BCUT2D eigenvalue weighted by atomic mass is 32.2. The number of imide groups is 1. The van der Waals surface area contributed by atoms with E-state index in [1.807, 2.05) is 37.3 Å². The van der Waals surface area contributed by atoms with E-state index in [4.69, 9.17) is 4.74 Å². The number of aryl methyl sites for hydroxylation is 1. The second-order valence-corrected chi connectivity index (χ2v) is 8.04. The molecule has 160 valence electrons. The van der Waals surface area contributed by atoms with E-state index in [9.17, 15) is 14.4 Å². The maximum Gasteiger partial charge on any atom is 0.298 e. The Hall–Kier alpha value is -3.84.